The minimum atomic E-state index is -0.733. The summed E-state index contributed by atoms with van der Waals surface area (Å²) in [4.78, 5) is 10.9. The van der Waals surface area contributed by atoms with Gasteiger partial charge in [-0.15, -0.1) is 0 Å². The van der Waals surface area contributed by atoms with Gasteiger partial charge in [0.2, 0.25) is 0 Å². The third-order valence-electron chi connectivity index (χ3n) is 3.06. The van der Waals surface area contributed by atoms with Crippen LogP contribution in [0.15, 0.2) is 18.2 Å². The monoisotopic (exact) mass is 206 g/mol. The van der Waals surface area contributed by atoms with E-state index in [1.54, 1.807) is 6.92 Å². The van der Waals surface area contributed by atoms with Crippen molar-refractivity contribution >= 4 is 5.97 Å². The van der Waals surface area contributed by atoms with E-state index in [0.717, 1.165) is 5.56 Å². The van der Waals surface area contributed by atoms with E-state index in [1.165, 1.54) is 11.1 Å². The highest BCUT2D eigenvalue weighted by molar-refractivity contribution is 5.71. The molecule has 2 nitrogen and oxygen atoms in total. The van der Waals surface area contributed by atoms with Crippen LogP contribution in [-0.2, 0) is 4.79 Å². The fraction of sp³-hybridized carbons (Fsp3) is 0.462. The van der Waals surface area contributed by atoms with E-state index < -0.39 is 5.97 Å². The molecule has 0 aliphatic carbocycles. The first-order chi connectivity index (χ1) is 6.93. The molecule has 2 atom stereocenters. The van der Waals surface area contributed by atoms with Gasteiger partial charge >= 0.3 is 5.97 Å². The first-order valence-corrected chi connectivity index (χ1v) is 5.23. The molecule has 0 bridgehead atoms. The Kier molecular flexibility index (Phi) is 3.51. The minimum absolute atomic E-state index is 0.0578. The number of carboxylic acids is 1. The first-order valence-electron chi connectivity index (χ1n) is 5.23. The van der Waals surface area contributed by atoms with Crippen LogP contribution >= 0.6 is 0 Å². The van der Waals surface area contributed by atoms with Gasteiger partial charge in [-0.05, 0) is 30.9 Å². The zero-order valence-corrected chi connectivity index (χ0v) is 9.74. The van der Waals surface area contributed by atoms with E-state index in [0.29, 0.717) is 0 Å². The van der Waals surface area contributed by atoms with Crippen molar-refractivity contribution in [2.24, 2.45) is 5.92 Å². The molecule has 0 aromatic heterocycles. The predicted octanol–water partition coefficient (Wildman–Crippen LogP) is 3.13. The van der Waals surface area contributed by atoms with Crippen LogP contribution in [0.25, 0.3) is 0 Å². The number of aliphatic carboxylic acids is 1. The first kappa shape index (κ1) is 11.8. The Labute approximate surface area is 90.9 Å². The number of carboxylic acid groups (broad SMARTS) is 1. The summed E-state index contributed by atoms with van der Waals surface area (Å²) in [5.74, 6) is -1.02. The highest BCUT2D eigenvalue weighted by Gasteiger charge is 2.21. The summed E-state index contributed by atoms with van der Waals surface area (Å²) in [7, 11) is 0. The molecule has 0 saturated carbocycles. The van der Waals surface area contributed by atoms with E-state index in [4.69, 9.17) is 5.11 Å². The van der Waals surface area contributed by atoms with Gasteiger partial charge in [0.15, 0.2) is 0 Å². The van der Waals surface area contributed by atoms with Crippen molar-refractivity contribution in [3.05, 3.63) is 34.9 Å². The van der Waals surface area contributed by atoms with Gasteiger partial charge in [-0.3, -0.25) is 4.79 Å². The quantitative estimate of drug-likeness (QED) is 0.825. The predicted molar refractivity (Wildman–Crippen MR) is 61.1 cm³/mol. The molecule has 0 aliphatic heterocycles. The molecule has 1 rings (SSSR count). The van der Waals surface area contributed by atoms with Crippen LogP contribution in [0, 0.1) is 19.8 Å². The molecule has 0 spiro atoms. The van der Waals surface area contributed by atoms with Crippen LogP contribution in [0.3, 0.4) is 0 Å². The van der Waals surface area contributed by atoms with Crippen LogP contribution in [0.1, 0.15) is 36.5 Å². The molecule has 2 heteroatoms. The van der Waals surface area contributed by atoms with Crippen molar-refractivity contribution in [3.63, 3.8) is 0 Å². The Morgan fingerprint density at radius 1 is 1.27 bits per heavy atom. The van der Waals surface area contributed by atoms with Crippen LogP contribution in [0.2, 0.25) is 0 Å². The third kappa shape index (κ3) is 2.58. The summed E-state index contributed by atoms with van der Waals surface area (Å²) in [5.41, 5.74) is 3.49. The van der Waals surface area contributed by atoms with Gasteiger partial charge in [0.25, 0.3) is 0 Å². The lowest BCUT2D eigenvalue weighted by Gasteiger charge is -2.19. The van der Waals surface area contributed by atoms with Crippen LogP contribution in [-0.4, -0.2) is 11.1 Å². The molecule has 1 N–H and O–H groups in total. The van der Waals surface area contributed by atoms with E-state index in [-0.39, 0.29) is 11.8 Å². The van der Waals surface area contributed by atoms with Gasteiger partial charge < -0.3 is 5.11 Å². The molecule has 0 heterocycles. The molecule has 0 fully saturated rings. The SMILES string of the molecule is Cc1ccc(C)c(C(C)C(C)C(=O)O)c1. The molecule has 1 aromatic carbocycles. The maximum Gasteiger partial charge on any atom is 0.306 e. The molecule has 15 heavy (non-hydrogen) atoms. The van der Waals surface area contributed by atoms with Gasteiger partial charge in [0.05, 0.1) is 5.92 Å². The summed E-state index contributed by atoms with van der Waals surface area (Å²) < 4.78 is 0. The molecule has 1 aromatic rings. The third-order valence-corrected chi connectivity index (χ3v) is 3.06. The normalized spacial score (nSPS) is 14.7. The summed E-state index contributed by atoms with van der Waals surface area (Å²) in [6.07, 6.45) is 0. The second kappa shape index (κ2) is 4.47. The molecule has 82 valence electrons. The second-order valence-corrected chi connectivity index (χ2v) is 4.28. The lowest BCUT2D eigenvalue weighted by Crippen LogP contribution is -2.17. The molecule has 0 amide bonds. The van der Waals surface area contributed by atoms with Gasteiger partial charge in [0.1, 0.15) is 0 Å². The second-order valence-electron chi connectivity index (χ2n) is 4.28. The Bertz CT molecular complexity index is 369. The topological polar surface area (TPSA) is 37.3 Å². The highest BCUT2D eigenvalue weighted by atomic mass is 16.4. The molecule has 0 aliphatic rings. The van der Waals surface area contributed by atoms with E-state index in [9.17, 15) is 4.79 Å². The Balaban J connectivity index is 3.04. The number of hydrogen-bond donors (Lipinski definition) is 1. The zero-order chi connectivity index (χ0) is 11.6. The minimum Gasteiger partial charge on any atom is -0.481 e. The van der Waals surface area contributed by atoms with E-state index >= 15 is 0 Å². The van der Waals surface area contributed by atoms with Crippen LogP contribution < -0.4 is 0 Å². The van der Waals surface area contributed by atoms with Crippen molar-refractivity contribution in [2.45, 2.75) is 33.6 Å². The van der Waals surface area contributed by atoms with Gasteiger partial charge in [-0.1, -0.05) is 37.6 Å². The number of benzene rings is 1. The lowest BCUT2D eigenvalue weighted by molar-refractivity contribution is -0.141. The summed E-state index contributed by atoms with van der Waals surface area (Å²) in [6, 6.07) is 6.19. The van der Waals surface area contributed by atoms with Crippen LogP contribution in [0.4, 0.5) is 0 Å². The largest absolute Gasteiger partial charge is 0.481 e. The van der Waals surface area contributed by atoms with E-state index in [2.05, 4.69) is 18.2 Å². The van der Waals surface area contributed by atoms with Gasteiger partial charge in [-0.25, -0.2) is 0 Å². The number of rotatable bonds is 3. The number of aryl methyl sites for hydroxylation is 2. The van der Waals surface area contributed by atoms with Crippen LogP contribution in [0.5, 0.6) is 0 Å². The number of hydrogen-bond acceptors (Lipinski definition) is 1. The highest BCUT2D eigenvalue weighted by Crippen LogP contribution is 2.27. The summed E-state index contributed by atoms with van der Waals surface area (Å²) >= 11 is 0. The molecular weight excluding hydrogens is 188 g/mol. The molecular formula is C13H18O2. The van der Waals surface area contributed by atoms with Crippen molar-refractivity contribution in [3.8, 4) is 0 Å². The molecule has 0 radical (unpaired) electrons. The van der Waals surface area contributed by atoms with Gasteiger partial charge in [0, 0.05) is 0 Å². The Morgan fingerprint density at radius 2 is 1.87 bits per heavy atom. The maximum atomic E-state index is 10.9. The number of carbonyl (C=O) groups is 1. The lowest BCUT2D eigenvalue weighted by atomic mass is 9.86. The fourth-order valence-electron chi connectivity index (χ4n) is 1.73. The zero-order valence-electron chi connectivity index (χ0n) is 9.74. The van der Waals surface area contributed by atoms with Crippen molar-refractivity contribution in [2.75, 3.05) is 0 Å². The molecule has 0 saturated heterocycles. The molecule has 2 unspecified atom stereocenters. The standard InChI is InChI=1S/C13H18O2/c1-8-5-6-9(2)12(7-8)10(3)11(4)13(14)15/h5-7,10-11H,1-4H3,(H,14,15). The fourth-order valence-corrected chi connectivity index (χ4v) is 1.73. The summed E-state index contributed by atoms with van der Waals surface area (Å²) in [5, 5.41) is 8.97. The van der Waals surface area contributed by atoms with Crippen molar-refractivity contribution < 1.29 is 9.90 Å². The van der Waals surface area contributed by atoms with Crippen molar-refractivity contribution in [1.82, 2.24) is 0 Å². The average molecular weight is 206 g/mol. The van der Waals surface area contributed by atoms with Gasteiger partial charge in [-0.2, -0.15) is 0 Å². The van der Waals surface area contributed by atoms with Crippen molar-refractivity contribution in [1.29, 1.82) is 0 Å². The Hall–Kier alpha value is -1.31. The maximum absolute atomic E-state index is 10.9. The smallest absolute Gasteiger partial charge is 0.306 e. The Morgan fingerprint density at radius 3 is 2.40 bits per heavy atom. The average Bonchev–Trinajstić information content (AvgIpc) is 2.19. The summed E-state index contributed by atoms with van der Waals surface area (Å²) in [6.45, 7) is 7.79. The van der Waals surface area contributed by atoms with E-state index in [1.807, 2.05) is 20.8 Å².